The molecule has 1 aromatic heterocycles. The first kappa shape index (κ1) is 20.6. The lowest BCUT2D eigenvalue weighted by Crippen LogP contribution is -2.14. The van der Waals surface area contributed by atoms with Crippen molar-refractivity contribution in [2.45, 2.75) is 20.8 Å². The number of aryl methyl sites for hydroxylation is 1. The molecule has 29 heavy (non-hydrogen) atoms. The molecular formula is C23H23NO4S. The van der Waals surface area contributed by atoms with E-state index >= 15 is 0 Å². The van der Waals surface area contributed by atoms with Gasteiger partial charge in [-0.3, -0.25) is 4.79 Å². The molecule has 2 aromatic carbocycles. The Morgan fingerprint density at radius 3 is 2.28 bits per heavy atom. The van der Waals surface area contributed by atoms with Gasteiger partial charge in [0.1, 0.15) is 16.3 Å². The molecule has 6 heteroatoms. The number of nitrogens with one attached hydrogen (secondary N) is 1. The summed E-state index contributed by atoms with van der Waals surface area (Å²) in [7, 11) is 0. The molecule has 0 aliphatic carbocycles. The van der Waals surface area contributed by atoms with Gasteiger partial charge >= 0.3 is 5.97 Å². The largest absolute Gasteiger partial charge is 0.494 e. The fourth-order valence-corrected chi connectivity index (χ4v) is 3.80. The molecular weight excluding hydrogens is 386 g/mol. The molecule has 0 saturated heterocycles. The van der Waals surface area contributed by atoms with Gasteiger partial charge in [-0.05, 0) is 50.6 Å². The van der Waals surface area contributed by atoms with E-state index in [1.54, 1.807) is 19.1 Å². The predicted molar refractivity (Wildman–Crippen MR) is 116 cm³/mol. The lowest BCUT2D eigenvalue weighted by Gasteiger charge is -2.10. The molecule has 150 valence electrons. The van der Waals surface area contributed by atoms with Gasteiger partial charge in [0.2, 0.25) is 0 Å². The lowest BCUT2D eigenvalue weighted by atomic mass is 10.0. The van der Waals surface area contributed by atoms with Gasteiger partial charge in [-0.2, -0.15) is 0 Å². The van der Waals surface area contributed by atoms with Crippen molar-refractivity contribution in [2.75, 3.05) is 18.5 Å². The molecule has 3 aromatic rings. The maximum atomic E-state index is 12.7. The molecule has 0 aliphatic heterocycles. The number of thiophene rings is 1. The maximum absolute atomic E-state index is 12.7. The zero-order chi connectivity index (χ0) is 20.8. The van der Waals surface area contributed by atoms with Crippen LogP contribution in [0.3, 0.4) is 0 Å². The maximum Gasteiger partial charge on any atom is 0.341 e. The average molecular weight is 410 g/mol. The van der Waals surface area contributed by atoms with Crippen LogP contribution in [0.1, 0.15) is 40.1 Å². The molecule has 0 spiro atoms. The Labute approximate surface area is 174 Å². The molecule has 0 radical (unpaired) electrons. The van der Waals surface area contributed by atoms with Crippen LogP contribution in [-0.4, -0.2) is 25.1 Å². The zero-order valence-electron chi connectivity index (χ0n) is 16.7. The summed E-state index contributed by atoms with van der Waals surface area (Å²) >= 11 is 1.30. The van der Waals surface area contributed by atoms with Crippen molar-refractivity contribution in [1.29, 1.82) is 0 Å². The fourth-order valence-electron chi connectivity index (χ4n) is 2.85. The molecule has 0 saturated carbocycles. The number of benzene rings is 2. The topological polar surface area (TPSA) is 64.6 Å². The molecule has 0 fully saturated rings. The fraction of sp³-hybridized carbons (Fsp3) is 0.217. The van der Waals surface area contributed by atoms with Crippen LogP contribution in [0.2, 0.25) is 0 Å². The van der Waals surface area contributed by atoms with Crippen LogP contribution in [0.15, 0.2) is 53.9 Å². The second kappa shape index (κ2) is 9.39. The van der Waals surface area contributed by atoms with Crippen LogP contribution in [0, 0.1) is 6.92 Å². The number of carbonyl (C=O) groups is 2. The number of ether oxygens (including phenoxy) is 2. The van der Waals surface area contributed by atoms with Crippen LogP contribution >= 0.6 is 11.3 Å². The summed E-state index contributed by atoms with van der Waals surface area (Å²) in [4.78, 5) is 25.3. The van der Waals surface area contributed by atoms with E-state index < -0.39 is 5.97 Å². The molecule has 0 aliphatic rings. The Balaban J connectivity index is 1.94. The summed E-state index contributed by atoms with van der Waals surface area (Å²) in [5.41, 5.74) is 3.53. The summed E-state index contributed by atoms with van der Waals surface area (Å²) in [6.45, 7) is 6.48. The first-order valence-corrected chi connectivity index (χ1v) is 10.3. The molecule has 0 unspecified atom stereocenters. The number of esters is 1. The second-order valence-electron chi connectivity index (χ2n) is 6.35. The normalized spacial score (nSPS) is 10.4. The predicted octanol–water partition coefficient (Wildman–Crippen LogP) is 5.55. The minimum absolute atomic E-state index is 0.253. The van der Waals surface area contributed by atoms with Crippen LogP contribution in [0.5, 0.6) is 5.75 Å². The van der Waals surface area contributed by atoms with Gasteiger partial charge < -0.3 is 14.8 Å². The second-order valence-corrected chi connectivity index (χ2v) is 7.23. The van der Waals surface area contributed by atoms with Crippen molar-refractivity contribution in [2.24, 2.45) is 0 Å². The highest BCUT2D eigenvalue weighted by molar-refractivity contribution is 7.15. The van der Waals surface area contributed by atoms with Crippen molar-refractivity contribution >= 4 is 28.2 Å². The third-order valence-electron chi connectivity index (χ3n) is 4.29. The van der Waals surface area contributed by atoms with Crippen molar-refractivity contribution in [1.82, 2.24) is 0 Å². The third-order valence-corrected chi connectivity index (χ3v) is 5.18. The summed E-state index contributed by atoms with van der Waals surface area (Å²) in [6.07, 6.45) is 0. The summed E-state index contributed by atoms with van der Waals surface area (Å²) in [5.74, 6) is 0.0320. The van der Waals surface area contributed by atoms with Crippen molar-refractivity contribution in [3.63, 3.8) is 0 Å². The van der Waals surface area contributed by atoms with Crippen LogP contribution in [0.25, 0.3) is 11.1 Å². The molecule has 0 atom stereocenters. The molecule has 0 bridgehead atoms. The Kier molecular flexibility index (Phi) is 6.67. The molecule has 5 nitrogen and oxygen atoms in total. The standard InChI is InChI=1S/C23H23NO4S/c1-4-27-18-12-10-16(11-13-18)19-14-29-22(20(19)23(26)28-5-2)24-21(25)17-8-6-15(3)7-9-17/h6-14H,4-5H2,1-3H3,(H,24,25). The summed E-state index contributed by atoms with van der Waals surface area (Å²) in [5, 5.41) is 5.19. The lowest BCUT2D eigenvalue weighted by molar-refractivity contribution is 0.0529. The average Bonchev–Trinajstić information content (AvgIpc) is 3.13. The number of hydrogen-bond donors (Lipinski definition) is 1. The van der Waals surface area contributed by atoms with Crippen molar-refractivity contribution in [3.05, 3.63) is 70.6 Å². The molecule has 3 rings (SSSR count). The van der Waals surface area contributed by atoms with Crippen molar-refractivity contribution < 1.29 is 19.1 Å². The Morgan fingerprint density at radius 1 is 0.966 bits per heavy atom. The summed E-state index contributed by atoms with van der Waals surface area (Å²) in [6, 6.07) is 14.8. The van der Waals surface area contributed by atoms with E-state index in [4.69, 9.17) is 9.47 Å². The number of rotatable bonds is 7. The summed E-state index contributed by atoms with van der Waals surface area (Å²) < 4.78 is 10.7. The van der Waals surface area contributed by atoms with Gasteiger partial charge in [0.25, 0.3) is 5.91 Å². The third kappa shape index (κ3) is 4.84. The minimum Gasteiger partial charge on any atom is -0.494 e. The first-order chi connectivity index (χ1) is 14.0. The van der Waals surface area contributed by atoms with Gasteiger partial charge in [0, 0.05) is 16.5 Å². The number of carbonyl (C=O) groups excluding carboxylic acids is 2. The van der Waals surface area contributed by atoms with Gasteiger partial charge in [-0.25, -0.2) is 4.79 Å². The Hall–Kier alpha value is -3.12. The highest BCUT2D eigenvalue weighted by Gasteiger charge is 2.23. The molecule has 1 N–H and O–H groups in total. The van der Waals surface area contributed by atoms with Crippen LogP contribution < -0.4 is 10.1 Å². The minimum atomic E-state index is -0.461. The number of amides is 1. The van der Waals surface area contributed by atoms with E-state index in [2.05, 4.69) is 5.32 Å². The first-order valence-electron chi connectivity index (χ1n) is 9.43. The van der Waals surface area contributed by atoms with Crippen molar-refractivity contribution in [3.8, 4) is 16.9 Å². The van der Waals surface area contributed by atoms with E-state index in [1.165, 1.54) is 11.3 Å². The van der Waals surface area contributed by atoms with Gasteiger partial charge in [-0.1, -0.05) is 29.8 Å². The monoisotopic (exact) mass is 409 g/mol. The molecule has 1 heterocycles. The highest BCUT2D eigenvalue weighted by Crippen LogP contribution is 2.37. The van der Waals surface area contributed by atoms with E-state index in [0.717, 1.165) is 22.4 Å². The van der Waals surface area contributed by atoms with E-state index in [-0.39, 0.29) is 12.5 Å². The van der Waals surface area contributed by atoms with Gasteiger partial charge in [0.05, 0.1) is 13.2 Å². The van der Waals surface area contributed by atoms with E-state index in [9.17, 15) is 9.59 Å². The van der Waals surface area contributed by atoms with Gasteiger partial charge in [-0.15, -0.1) is 11.3 Å². The van der Waals surface area contributed by atoms with Crippen LogP contribution in [0.4, 0.5) is 5.00 Å². The zero-order valence-corrected chi connectivity index (χ0v) is 17.5. The molecule has 1 amide bonds. The SMILES string of the molecule is CCOC(=O)c1c(-c2ccc(OCC)cc2)csc1NC(=O)c1ccc(C)cc1. The Morgan fingerprint density at radius 2 is 1.66 bits per heavy atom. The number of anilines is 1. The number of hydrogen-bond acceptors (Lipinski definition) is 5. The smallest absolute Gasteiger partial charge is 0.341 e. The van der Waals surface area contributed by atoms with E-state index in [1.807, 2.05) is 55.6 Å². The quantitative estimate of drug-likeness (QED) is 0.520. The van der Waals surface area contributed by atoms with E-state index in [0.29, 0.717) is 22.7 Å². The van der Waals surface area contributed by atoms with Gasteiger partial charge in [0.15, 0.2) is 0 Å². The highest BCUT2D eigenvalue weighted by atomic mass is 32.1. The van der Waals surface area contributed by atoms with Crippen LogP contribution in [-0.2, 0) is 4.74 Å². The Bertz CT molecular complexity index is 991.